The molecule has 0 aromatic heterocycles. The number of carboxylic acid groups (broad SMARTS) is 1. The highest BCUT2D eigenvalue weighted by molar-refractivity contribution is 5.88. The van der Waals surface area contributed by atoms with E-state index in [4.69, 9.17) is 16.2 Å². The van der Waals surface area contributed by atoms with Crippen LogP contribution in [0.4, 0.5) is 0 Å². The summed E-state index contributed by atoms with van der Waals surface area (Å²) < 4.78 is 5.91. The second-order valence-electron chi connectivity index (χ2n) is 13.9. The van der Waals surface area contributed by atoms with Crippen LogP contribution in [0, 0.1) is 39.9 Å². The number of fused-ring (bicyclic) bond motifs is 5. The number of nitrogens with two attached hydrogens (primary N) is 2. The van der Waals surface area contributed by atoms with E-state index in [0.717, 1.165) is 37.7 Å². The van der Waals surface area contributed by atoms with E-state index in [1.165, 1.54) is 6.92 Å². The van der Waals surface area contributed by atoms with Crippen LogP contribution in [0.25, 0.3) is 0 Å². The zero-order chi connectivity index (χ0) is 27.5. The Kier molecular flexibility index (Phi) is 7.68. The summed E-state index contributed by atoms with van der Waals surface area (Å²) in [4.78, 5) is 24.9. The highest BCUT2D eigenvalue weighted by atomic mass is 16.5. The number of aliphatic carboxylic acids is 1. The van der Waals surface area contributed by atoms with Gasteiger partial charge in [0, 0.05) is 24.6 Å². The van der Waals surface area contributed by atoms with Crippen LogP contribution in [0.15, 0.2) is 11.1 Å². The molecule has 0 bridgehead atoms. The van der Waals surface area contributed by atoms with Crippen molar-refractivity contribution in [1.29, 1.82) is 0 Å². The minimum absolute atomic E-state index is 0.0405. The molecule has 0 heterocycles. The van der Waals surface area contributed by atoms with Crippen molar-refractivity contribution in [3.05, 3.63) is 11.1 Å². The number of aliphatic hydroxyl groups excluding tert-OH is 1. The van der Waals surface area contributed by atoms with E-state index in [-0.39, 0.29) is 52.1 Å². The lowest BCUT2D eigenvalue weighted by molar-refractivity contribution is -0.196. The van der Waals surface area contributed by atoms with Gasteiger partial charge >= 0.3 is 11.9 Å². The van der Waals surface area contributed by atoms with Crippen LogP contribution in [0.1, 0.15) is 99.3 Å². The summed E-state index contributed by atoms with van der Waals surface area (Å²) in [5.74, 6) is -0.398. The summed E-state index contributed by atoms with van der Waals surface area (Å²) in [5, 5.41) is 20.9. The molecule has 0 aliphatic heterocycles. The lowest BCUT2D eigenvalue weighted by Gasteiger charge is -2.69. The Morgan fingerprint density at radius 3 is 2.38 bits per heavy atom. The minimum Gasteiger partial charge on any atom is -0.478 e. The molecule has 0 amide bonds. The molecule has 0 radical (unpaired) electrons. The van der Waals surface area contributed by atoms with Crippen LogP contribution in [0.5, 0.6) is 0 Å². The topological polar surface area (TPSA) is 136 Å². The van der Waals surface area contributed by atoms with Crippen molar-refractivity contribution in [3.63, 3.8) is 0 Å². The van der Waals surface area contributed by atoms with Gasteiger partial charge in [0.2, 0.25) is 0 Å². The fourth-order valence-electron chi connectivity index (χ4n) is 9.80. The molecule has 4 rings (SSSR count). The van der Waals surface area contributed by atoms with E-state index >= 15 is 0 Å². The highest BCUT2D eigenvalue weighted by Crippen LogP contribution is 2.73. The second kappa shape index (κ2) is 9.95. The van der Waals surface area contributed by atoms with E-state index in [9.17, 15) is 19.8 Å². The highest BCUT2D eigenvalue weighted by Gasteiger charge is 2.70. The predicted octanol–water partition coefficient (Wildman–Crippen LogP) is 4.40. The third-order valence-electron chi connectivity index (χ3n) is 11.6. The standard InChI is InChI=1S/C30H50N2O5/c1-16(2)8-7-9-18(27(35)36)24-20-14-21(31)26-28(4)12-11-22(34)25(32)19(28)10-13-29(26,5)30(20,6)15-23(24)37-17(3)33/h16,19-23,25-26,34H,7-15,31-32H2,1-6H3,(H,35,36)/b24-18-/t19-,20-,21+,22+,23-,25-,26-,28-,29-,30-/m0/s1. The van der Waals surface area contributed by atoms with Gasteiger partial charge in [-0.1, -0.05) is 41.0 Å². The average molecular weight is 519 g/mol. The number of aliphatic hydroxyl groups is 1. The maximum Gasteiger partial charge on any atom is 0.331 e. The fourth-order valence-corrected chi connectivity index (χ4v) is 9.80. The number of hydrogen-bond acceptors (Lipinski definition) is 6. The second-order valence-corrected chi connectivity index (χ2v) is 13.9. The molecule has 6 N–H and O–H groups in total. The Morgan fingerprint density at radius 1 is 1.11 bits per heavy atom. The van der Waals surface area contributed by atoms with Gasteiger partial charge in [-0.15, -0.1) is 0 Å². The molecule has 10 atom stereocenters. The largest absolute Gasteiger partial charge is 0.478 e. The Morgan fingerprint density at radius 2 is 1.78 bits per heavy atom. The number of ether oxygens (including phenoxy) is 1. The molecule has 0 aromatic rings. The molecule has 0 unspecified atom stereocenters. The van der Waals surface area contributed by atoms with Gasteiger partial charge in [-0.05, 0) is 96.9 Å². The summed E-state index contributed by atoms with van der Waals surface area (Å²) >= 11 is 0. The number of carbonyl (C=O) groups is 2. The molecular weight excluding hydrogens is 468 g/mol. The van der Waals surface area contributed by atoms with Crippen molar-refractivity contribution in [2.45, 2.75) is 124 Å². The van der Waals surface area contributed by atoms with Crippen molar-refractivity contribution >= 4 is 11.9 Å². The summed E-state index contributed by atoms with van der Waals surface area (Å²) in [5.41, 5.74) is 14.4. The molecule has 4 aliphatic carbocycles. The molecular formula is C30H50N2O5. The Hall–Kier alpha value is -1.44. The van der Waals surface area contributed by atoms with Crippen molar-refractivity contribution in [2.24, 2.45) is 51.4 Å². The summed E-state index contributed by atoms with van der Waals surface area (Å²) in [6, 6.07) is -0.358. The third kappa shape index (κ3) is 4.47. The Labute approximate surface area is 222 Å². The molecule has 37 heavy (non-hydrogen) atoms. The van der Waals surface area contributed by atoms with Gasteiger partial charge in [0.05, 0.1) is 6.10 Å². The van der Waals surface area contributed by atoms with Gasteiger partial charge in [-0.25, -0.2) is 4.79 Å². The molecule has 4 fully saturated rings. The van der Waals surface area contributed by atoms with Crippen LogP contribution in [-0.2, 0) is 14.3 Å². The average Bonchev–Trinajstić information content (AvgIpc) is 3.05. The van der Waals surface area contributed by atoms with E-state index in [2.05, 4.69) is 34.6 Å². The lowest BCUT2D eigenvalue weighted by Crippen LogP contribution is -2.69. The Bertz CT molecular complexity index is 948. The van der Waals surface area contributed by atoms with Crippen LogP contribution in [0.2, 0.25) is 0 Å². The summed E-state index contributed by atoms with van der Waals surface area (Å²) in [6.07, 6.45) is 5.98. The quantitative estimate of drug-likeness (QED) is 0.302. The molecule has 7 heteroatoms. The summed E-state index contributed by atoms with van der Waals surface area (Å²) in [7, 11) is 0. The van der Waals surface area contributed by atoms with E-state index in [1.807, 2.05) is 0 Å². The van der Waals surface area contributed by atoms with Gasteiger partial charge in [0.15, 0.2) is 0 Å². The Balaban J connectivity index is 1.80. The first-order valence-electron chi connectivity index (χ1n) is 14.5. The maximum absolute atomic E-state index is 12.7. The van der Waals surface area contributed by atoms with E-state index in [1.54, 1.807) is 0 Å². The fraction of sp³-hybridized carbons (Fsp3) is 0.867. The molecule has 0 saturated heterocycles. The van der Waals surface area contributed by atoms with Crippen molar-refractivity contribution in [2.75, 3.05) is 0 Å². The predicted molar refractivity (Wildman–Crippen MR) is 143 cm³/mol. The SMILES string of the molecule is CC(=O)O[C@H]1C[C@@]2(C)[C@@H](C[C@@H](N)[C@H]3[C@@]4(C)CC[C@@H](O)[C@@H](N)[C@@H]4CC[C@@]32C)/C1=C(\CCCC(C)C)C(=O)O. The van der Waals surface area contributed by atoms with E-state index in [0.29, 0.717) is 37.2 Å². The number of rotatable bonds is 6. The first-order valence-corrected chi connectivity index (χ1v) is 14.5. The first kappa shape index (κ1) is 28.6. The lowest BCUT2D eigenvalue weighted by atomic mass is 9.36. The number of hydrogen-bond donors (Lipinski definition) is 4. The smallest absolute Gasteiger partial charge is 0.331 e. The summed E-state index contributed by atoms with van der Waals surface area (Å²) in [6.45, 7) is 12.7. The first-order chi connectivity index (χ1) is 17.2. The number of carbonyl (C=O) groups excluding carboxylic acids is 1. The molecule has 210 valence electrons. The zero-order valence-corrected chi connectivity index (χ0v) is 23.8. The molecule has 4 aliphatic rings. The number of esters is 1. The normalized spacial score (nSPS) is 46.6. The molecule has 7 nitrogen and oxygen atoms in total. The molecule has 4 saturated carbocycles. The maximum atomic E-state index is 12.7. The van der Waals surface area contributed by atoms with Crippen molar-refractivity contribution in [3.8, 4) is 0 Å². The van der Waals surface area contributed by atoms with Crippen molar-refractivity contribution < 1.29 is 24.5 Å². The van der Waals surface area contributed by atoms with E-state index < -0.39 is 18.2 Å². The monoisotopic (exact) mass is 518 g/mol. The van der Waals surface area contributed by atoms with Gasteiger partial charge in [-0.3, -0.25) is 4.79 Å². The van der Waals surface area contributed by atoms with Crippen LogP contribution in [-0.4, -0.2) is 46.4 Å². The third-order valence-corrected chi connectivity index (χ3v) is 11.6. The molecule has 0 spiro atoms. The van der Waals surface area contributed by atoms with Crippen LogP contribution in [0.3, 0.4) is 0 Å². The van der Waals surface area contributed by atoms with Gasteiger partial charge in [-0.2, -0.15) is 0 Å². The van der Waals surface area contributed by atoms with Gasteiger partial charge in [0.25, 0.3) is 0 Å². The van der Waals surface area contributed by atoms with Crippen LogP contribution >= 0.6 is 0 Å². The minimum atomic E-state index is -0.899. The zero-order valence-electron chi connectivity index (χ0n) is 23.8. The molecule has 0 aromatic carbocycles. The number of carboxylic acids is 1. The van der Waals surface area contributed by atoms with Gasteiger partial charge < -0.3 is 26.4 Å². The van der Waals surface area contributed by atoms with Crippen molar-refractivity contribution in [1.82, 2.24) is 0 Å². The van der Waals surface area contributed by atoms with Crippen LogP contribution < -0.4 is 11.5 Å². The van der Waals surface area contributed by atoms with Gasteiger partial charge in [0.1, 0.15) is 6.10 Å².